The molecule has 348 valence electrons. The van der Waals surface area contributed by atoms with Gasteiger partial charge in [-0.25, -0.2) is 0 Å². The van der Waals surface area contributed by atoms with Gasteiger partial charge in [-0.05, 0) is 62.8 Å². The van der Waals surface area contributed by atoms with Crippen LogP contribution in [0.3, 0.4) is 0 Å². The number of rotatable bonds is 8. The summed E-state index contributed by atoms with van der Waals surface area (Å²) in [5, 5.41) is 23.2. The second-order valence-electron chi connectivity index (χ2n) is 19.0. The topological polar surface area (TPSA) is 159 Å². The van der Waals surface area contributed by atoms with Crippen molar-refractivity contribution in [2.45, 2.75) is 185 Å². The Bertz CT molecular complexity index is 1720. The number of carbonyl (C=O) groups is 1. The molecule has 7 rings (SSSR count). The van der Waals surface area contributed by atoms with Gasteiger partial charge in [0, 0.05) is 58.8 Å². The van der Waals surface area contributed by atoms with Crippen LogP contribution in [0, 0.1) is 23.7 Å². The lowest BCUT2D eigenvalue weighted by molar-refractivity contribution is -0.318. The number of aliphatic hydroxyl groups is 2. The molecule has 14 heteroatoms. The summed E-state index contributed by atoms with van der Waals surface area (Å²) in [7, 11) is 4.82. The van der Waals surface area contributed by atoms with Crippen LogP contribution in [0.2, 0.25) is 0 Å². The molecule has 7 aliphatic rings. The fourth-order valence-corrected chi connectivity index (χ4v) is 10.7. The number of ether oxygens (including phenoxy) is 11. The third kappa shape index (κ3) is 9.64. The van der Waals surface area contributed by atoms with Crippen LogP contribution in [0.25, 0.3) is 0 Å². The zero-order chi connectivity index (χ0) is 44.7. The molecule has 6 heterocycles. The Kier molecular flexibility index (Phi) is 15.1. The van der Waals surface area contributed by atoms with Crippen molar-refractivity contribution in [3.63, 3.8) is 0 Å². The lowest BCUT2D eigenvalue weighted by atomic mass is 9.70. The summed E-state index contributed by atoms with van der Waals surface area (Å²) in [5.41, 5.74) is 0.622. The highest BCUT2D eigenvalue weighted by Gasteiger charge is 2.60. The van der Waals surface area contributed by atoms with E-state index in [4.69, 9.17) is 52.1 Å². The van der Waals surface area contributed by atoms with Gasteiger partial charge in [0.25, 0.3) is 0 Å². The standard InChI is InChI=1S/C48H72O14/c1-25(2)41-28(5)17-18-47(62-41)23-34-20-33(61-47)16-15-27(4)42(59-39-22-37(53-10)44(31(8)57-39)60-38-21-36(52-9)40(49)30(7)56-38)26(3)13-12-14-32-24-55-45-43(54-11)29(6)19-35(46(50)58-34)48(32,45)51/h12-15,17-19,25-26,28,30-31,33-45,49,51H,16,20-24H2,1-11H3/b13-12+,27-15-,32-14+/t26?,28?,30-,31-,33?,34?,35?,36-,37-,38-,39-,40-,41?,42?,43?,44-,45?,47?,48?/m0/s1. The number of methoxy groups -OCH3 is 3. The molecule has 19 atom stereocenters. The third-order valence-electron chi connectivity index (χ3n) is 14.2. The first kappa shape index (κ1) is 47.6. The van der Waals surface area contributed by atoms with Crippen molar-refractivity contribution in [2.24, 2.45) is 23.7 Å². The summed E-state index contributed by atoms with van der Waals surface area (Å²) in [6.07, 6.45) is 8.94. The molecule has 0 aromatic rings. The predicted molar refractivity (Wildman–Crippen MR) is 227 cm³/mol. The number of carbonyl (C=O) groups excluding carboxylic acids is 1. The highest BCUT2D eigenvalue weighted by Crippen LogP contribution is 2.47. The molecule has 14 nitrogen and oxygen atoms in total. The smallest absolute Gasteiger partial charge is 0.316 e. The Morgan fingerprint density at radius 2 is 1.53 bits per heavy atom. The van der Waals surface area contributed by atoms with Crippen LogP contribution >= 0.6 is 0 Å². The molecule has 62 heavy (non-hydrogen) atoms. The number of esters is 1. The van der Waals surface area contributed by atoms with Gasteiger partial charge in [0.1, 0.15) is 42.0 Å². The Morgan fingerprint density at radius 1 is 0.823 bits per heavy atom. The summed E-state index contributed by atoms with van der Waals surface area (Å²) in [4.78, 5) is 14.4. The third-order valence-corrected chi connectivity index (χ3v) is 14.2. The van der Waals surface area contributed by atoms with Crippen molar-refractivity contribution in [1.29, 1.82) is 0 Å². The van der Waals surface area contributed by atoms with Crippen LogP contribution in [-0.2, 0) is 56.9 Å². The summed E-state index contributed by atoms with van der Waals surface area (Å²) in [6, 6.07) is 0. The molecule has 2 N–H and O–H groups in total. The van der Waals surface area contributed by atoms with Crippen LogP contribution in [0.15, 0.2) is 59.3 Å². The maximum atomic E-state index is 14.4. The van der Waals surface area contributed by atoms with Gasteiger partial charge >= 0.3 is 5.97 Å². The number of hydrogen-bond acceptors (Lipinski definition) is 14. The minimum atomic E-state index is -1.71. The Morgan fingerprint density at radius 3 is 2.24 bits per heavy atom. The van der Waals surface area contributed by atoms with E-state index < -0.39 is 90.8 Å². The lowest BCUT2D eigenvalue weighted by Gasteiger charge is -2.48. The molecule has 4 fully saturated rings. The monoisotopic (exact) mass is 872 g/mol. The molecular formula is C48H72O14. The molecular weight excluding hydrogens is 801 g/mol. The molecule has 6 aliphatic heterocycles. The van der Waals surface area contributed by atoms with Gasteiger partial charge in [-0.1, -0.05) is 64.2 Å². The van der Waals surface area contributed by atoms with Crippen LogP contribution in [0.1, 0.15) is 87.5 Å². The van der Waals surface area contributed by atoms with E-state index in [1.807, 2.05) is 38.2 Å². The quantitative estimate of drug-likeness (QED) is 0.228. The summed E-state index contributed by atoms with van der Waals surface area (Å²) in [6.45, 7) is 16.3. The fraction of sp³-hybridized carbons (Fsp3) is 0.771. The molecule has 0 aromatic heterocycles. The van der Waals surface area contributed by atoms with Gasteiger partial charge in [-0.3, -0.25) is 4.79 Å². The molecule has 1 spiro atoms. The average molecular weight is 873 g/mol. The van der Waals surface area contributed by atoms with Crippen LogP contribution < -0.4 is 0 Å². The Balaban J connectivity index is 1.19. The van der Waals surface area contributed by atoms with E-state index in [0.29, 0.717) is 37.7 Å². The van der Waals surface area contributed by atoms with Gasteiger partial charge in [-0.2, -0.15) is 0 Å². The van der Waals surface area contributed by atoms with E-state index in [2.05, 4.69) is 46.8 Å². The van der Waals surface area contributed by atoms with Gasteiger partial charge < -0.3 is 62.3 Å². The average Bonchev–Trinajstić information content (AvgIpc) is 3.56. The Labute approximate surface area is 367 Å². The summed E-state index contributed by atoms with van der Waals surface area (Å²) < 4.78 is 69.7. The van der Waals surface area contributed by atoms with Crippen LogP contribution in [0.4, 0.5) is 0 Å². The first-order chi connectivity index (χ1) is 29.5. The van der Waals surface area contributed by atoms with E-state index >= 15 is 0 Å². The van der Waals surface area contributed by atoms with E-state index in [1.165, 1.54) is 0 Å². The van der Waals surface area contributed by atoms with Crippen molar-refractivity contribution in [1.82, 2.24) is 0 Å². The van der Waals surface area contributed by atoms with Gasteiger partial charge in [0.15, 0.2) is 18.4 Å². The maximum Gasteiger partial charge on any atom is 0.316 e. The first-order valence-corrected chi connectivity index (χ1v) is 22.7. The van der Waals surface area contributed by atoms with Gasteiger partial charge in [0.05, 0.1) is 49.3 Å². The van der Waals surface area contributed by atoms with Crippen molar-refractivity contribution in [2.75, 3.05) is 27.9 Å². The number of aliphatic hydroxyl groups excluding tert-OH is 1. The first-order valence-electron chi connectivity index (χ1n) is 22.7. The highest BCUT2D eigenvalue weighted by atomic mass is 16.7. The number of hydrogen-bond donors (Lipinski definition) is 2. The minimum absolute atomic E-state index is 0.0944. The zero-order valence-corrected chi connectivity index (χ0v) is 38.5. The SMILES string of the molecule is COC1C(C)=CC2C(=O)OC3CC(C/C=C(/C)C(O[C@H]4C[C@H](OC)[C@@H](O[C@H]5C[C@H](OC)[C@@H](O)[C@H](C)O5)[C@H](C)O4)C(C)/C=C/C=C4\COC1C42O)OC1(C=CC(C)C(C(C)C)O1)C3. The fourth-order valence-electron chi connectivity index (χ4n) is 10.7. The van der Waals surface area contributed by atoms with E-state index in [1.54, 1.807) is 34.3 Å². The highest BCUT2D eigenvalue weighted by molar-refractivity contribution is 5.78. The minimum Gasteiger partial charge on any atom is -0.462 e. The lowest BCUT2D eigenvalue weighted by Crippen LogP contribution is -2.58. The number of allylic oxidation sites excluding steroid dienone is 2. The molecule has 4 saturated heterocycles. The van der Waals surface area contributed by atoms with Gasteiger partial charge in [-0.15, -0.1) is 0 Å². The van der Waals surface area contributed by atoms with E-state index in [-0.39, 0.29) is 42.7 Å². The van der Waals surface area contributed by atoms with Crippen molar-refractivity contribution in [3.8, 4) is 0 Å². The Hall–Kier alpha value is -2.31. The largest absolute Gasteiger partial charge is 0.462 e. The molecule has 0 amide bonds. The van der Waals surface area contributed by atoms with Crippen molar-refractivity contribution < 1.29 is 67.1 Å². The summed E-state index contributed by atoms with van der Waals surface area (Å²) >= 11 is 0. The molecule has 1 aliphatic carbocycles. The van der Waals surface area contributed by atoms with Crippen LogP contribution in [-0.4, -0.2) is 141 Å². The zero-order valence-electron chi connectivity index (χ0n) is 38.5. The number of fused-ring (bicyclic) bond motifs is 2. The second kappa shape index (κ2) is 19.7. The van der Waals surface area contributed by atoms with Gasteiger partial charge in [0.2, 0.25) is 0 Å². The van der Waals surface area contributed by atoms with Crippen molar-refractivity contribution >= 4 is 5.97 Å². The second-order valence-corrected chi connectivity index (χ2v) is 19.0. The van der Waals surface area contributed by atoms with E-state index in [9.17, 15) is 15.0 Å². The molecule has 0 saturated carbocycles. The molecule has 11 unspecified atom stereocenters. The predicted octanol–water partition coefficient (Wildman–Crippen LogP) is 5.64. The van der Waals surface area contributed by atoms with E-state index in [0.717, 1.165) is 11.1 Å². The van der Waals surface area contributed by atoms with Crippen LogP contribution in [0.5, 0.6) is 0 Å². The maximum absolute atomic E-state index is 14.4. The normalized spacial score (nSPS) is 48.7. The molecule has 0 radical (unpaired) electrons. The molecule has 2 bridgehead atoms. The molecule has 0 aromatic carbocycles. The summed E-state index contributed by atoms with van der Waals surface area (Å²) in [5.74, 6) is -2.41. The van der Waals surface area contributed by atoms with Crippen molar-refractivity contribution in [3.05, 3.63) is 59.3 Å².